The van der Waals surface area contributed by atoms with E-state index in [2.05, 4.69) is 0 Å². The van der Waals surface area contributed by atoms with Crippen molar-refractivity contribution in [3.8, 4) is 0 Å². The number of nitrogen functional groups attached to an aromatic ring is 1. The van der Waals surface area contributed by atoms with Crippen LogP contribution in [0.1, 0.15) is 37.2 Å². The molecule has 1 aromatic heterocycles. The van der Waals surface area contributed by atoms with Crippen molar-refractivity contribution in [3.05, 3.63) is 18.0 Å². The van der Waals surface area contributed by atoms with Gasteiger partial charge >= 0.3 is 11.9 Å². The molecule has 0 aromatic carbocycles. The number of aryl methyl sites for hydroxylation is 1. The van der Waals surface area contributed by atoms with Crippen LogP contribution in [-0.4, -0.2) is 27.7 Å². The number of carboxylic acids is 1. The summed E-state index contributed by atoms with van der Waals surface area (Å²) in [7, 11) is 0. The quantitative estimate of drug-likeness (QED) is 0.750. The number of carboxylic acid groups (broad SMARTS) is 1. The van der Waals surface area contributed by atoms with Crippen LogP contribution in [0.15, 0.2) is 12.3 Å². The van der Waals surface area contributed by atoms with Gasteiger partial charge in [0.05, 0.1) is 5.69 Å². The van der Waals surface area contributed by atoms with Gasteiger partial charge in [0.25, 0.3) is 0 Å². The molecule has 18 heavy (non-hydrogen) atoms. The van der Waals surface area contributed by atoms with Gasteiger partial charge in [0.2, 0.25) is 0 Å². The molecule has 0 spiro atoms. The molecule has 0 aliphatic carbocycles. The number of hydrogen-bond acceptors (Lipinski definition) is 4. The van der Waals surface area contributed by atoms with E-state index < -0.39 is 18.0 Å². The van der Waals surface area contributed by atoms with Crippen molar-refractivity contribution < 1.29 is 19.4 Å². The Morgan fingerprint density at radius 3 is 2.67 bits per heavy atom. The summed E-state index contributed by atoms with van der Waals surface area (Å²) >= 11 is 0. The van der Waals surface area contributed by atoms with Gasteiger partial charge < -0.3 is 20.1 Å². The second-order valence-corrected chi connectivity index (χ2v) is 3.97. The lowest BCUT2D eigenvalue weighted by molar-refractivity contribution is -0.147. The molecule has 1 rings (SSSR count). The topological polar surface area (TPSA) is 94.5 Å². The summed E-state index contributed by atoms with van der Waals surface area (Å²) in [5.74, 6) is -1.79. The van der Waals surface area contributed by atoms with E-state index >= 15 is 0 Å². The summed E-state index contributed by atoms with van der Waals surface area (Å²) in [6, 6.07) is 1.48. The molecule has 0 bridgehead atoms. The smallest absolute Gasteiger partial charge is 0.355 e. The molecule has 0 aliphatic rings. The highest BCUT2D eigenvalue weighted by Gasteiger charge is 2.23. The molecule has 100 valence electrons. The van der Waals surface area contributed by atoms with E-state index in [0.717, 1.165) is 0 Å². The molecule has 1 aromatic rings. The number of ether oxygens (including phenoxy) is 1. The minimum atomic E-state index is -1.13. The van der Waals surface area contributed by atoms with E-state index in [4.69, 9.17) is 15.6 Å². The summed E-state index contributed by atoms with van der Waals surface area (Å²) in [5, 5.41) is 8.92. The first kappa shape index (κ1) is 14.1. The Morgan fingerprint density at radius 2 is 2.17 bits per heavy atom. The number of nitrogens with zero attached hydrogens (tertiary/aromatic N) is 1. The van der Waals surface area contributed by atoms with Gasteiger partial charge in [0.1, 0.15) is 5.69 Å². The van der Waals surface area contributed by atoms with Crippen molar-refractivity contribution in [1.82, 2.24) is 4.57 Å². The Balaban J connectivity index is 2.83. The average molecular weight is 254 g/mol. The Hall–Kier alpha value is -1.98. The van der Waals surface area contributed by atoms with Gasteiger partial charge in [0, 0.05) is 12.7 Å². The normalized spacial score (nSPS) is 12.1. The molecule has 0 aliphatic heterocycles. The minimum Gasteiger partial charge on any atom is -0.479 e. The molecule has 0 amide bonds. The van der Waals surface area contributed by atoms with Crippen LogP contribution in [0.2, 0.25) is 0 Å². The second-order valence-electron chi connectivity index (χ2n) is 3.97. The van der Waals surface area contributed by atoms with Crippen molar-refractivity contribution in [2.24, 2.45) is 0 Å². The lowest BCUT2D eigenvalue weighted by Gasteiger charge is -2.13. The first-order valence-electron chi connectivity index (χ1n) is 5.89. The van der Waals surface area contributed by atoms with Crippen LogP contribution in [0.25, 0.3) is 0 Å². The zero-order valence-electron chi connectivity index (χ0n) is 10.5. The summed E-state index contributed by atoms with van der Waals surface area (Å²) in [5.41, 5.74) is 6.32. The minimum absolute atomic E-state index is 0.275. The van der Waals surface area contributed by atoms with Gasteiger partial charge in [0.15, 0.2) is 6.10 Å². The van der Waals surface area contributed by atoms with Crippen molar-refractivity contribution in [2.75, 3.05) is 5.73 Å². The van der Waals surface area contributed by atoms with E-state index in [1.165, 1.54) is 6.07 Å². The molecule has 6 nitrogen and oxygen atoms in total. The zero-order chi connectivity index (χ0) is 13.7. The molecule has 3 N–H and O–H groups in total. The number of carbonyl (C=O) groups is 2. The highest BCUT2D eigenvalue weighted by Crippen LogP contribution is 2.14. The molecule has 1 atom stereocenters. The maximum Gasteiger partial charge on any atom is 0.355 e. The average Bonchev–Trinajstić information content (AvgIpc) is 2.69. The predicted octanol–water partition coefficient (Wildman–Crippen LogP) is 1.50. The van der Waals surface area contributed by atoms with Crippen molar-refractivity contribution in [1.29, 1.82) is 0 Å². The largest absolute Gasteiger partial charge is 0.479 e. The maximum absolute atomic E-state index is 11.9. The molecule has 0 saturated carbocycles. The third-order valence-corrected chi connectivity index (χ3v) is 2.54. The van der Waals surface area contributed by atoms with E-state index in [-0.39, 0.29) is 5.69 Å². The fourth-order valence-corrected chi connectivity index (χ4v) is 1.65. The summed E-state index contributed by atoms with van der Waals surface area (Å²) in [6.45, 7) is 4.25. The number of aliphatic carboxylic acids is 1. The molecule has 0 fully saturated rings. The number of rotatable bonds is 6. The van der Waals surface area contributed by atoms with Crippen LogP contribution in [0.3, 0.4) is 0 Å². The van der Waals surface area contributed by atoms with Crippen molar-refractivity contribution in [2.45, 2.75) is 39.3 Å². The van der Waals surface area contributed by atoms with E-state index in [1.54, 1.807) is 10.8 Å². The van der Waals surface area contributed by atoms with Gasteiger partial charge in [-0.25, -0.2) is 9.59 Å². The number of aromatic nitrogens is 1. The predicted molar refractivity (Wildman–Crippen MR) is 66.3 cm³/mol. The Morgan fingerprint density at radius 1 is 1.50 bits per heavy atom. The van der Waals surface area contributed by atoms with Gasteiger partial charge in [-0.3, -0.25) is 0 Å². The summed E-state index contributed by atoms with van der Waals surface area (Å²) in [4.78, 5) is 22.8. The van der Waals surface area contributed by atoms with E-state index in [1.807, 2.05) is 13.8 Å². The molecular weight excluding hydrogens is 236 g/mol. The Bertz CT molecular complexity index is 439. The highest BCUT2D eigenvalue weighted by molar-refractivity contribution is 5.91. The van der Waals surface area contributed by atoms with Crippen molar-refractivity contribution in [3.63, 3.8) is 0 Å². The van der Waals surface area contributed by atoms with Crippen molar-refractivity contribution >= 4 is 17.6 Å². The third kappa shape index (κ3) is 3.26. The second kappa shape index (κ2) is 6.09. The number of hydrogen-bond donors (Lipinski definition) is 2. The Labute approximate surface area is 105 Å². The maximum atomic E-state index is 11.9. The number of carbonyl (C=O) groups excluding carboxylic acids is 1. The highest BCUT2D eigenvalue weighted by atomic mass is 16.6. The molecule has 1 unspecified atom stereocenters. The number of anilines is 1. The van der Waals surface area contributed by atoms with Gasteiger partial charge in [-0.1, -0.05) is 13.3 Å². The first-order chi connectivity index (χ1) is 8.49. The summed E-state index contributed by atoms with van der Waals surface area (Å²) in [6.07, 6.45) is 1.43. The Kier molecular flexibility index (Phi) is 4.76. The van der Waals surface area contributed by atoms with Crippen LogP contribution in [0, 0.1) is 0 Å². The molecular formula is C12H18N2O4. The molecule has 1 heterocycles. The van der Waals surface area contributed by atoms with Crippen LogP contribution in [0.4, 0.5) is 5.69 Å². The monoisotopic (exact) mass is 254 g/mol. The molecule has 0 saturated heterocycles. The van der Waals surface area contributed by atoms with E-state index in [0.29, 0.717) is 25.1 Å². The summed E-state index contributed by atoms with van der Waals surface area (Å²) < 4.78 is 6.61. The third-order valence-electron chi connectivity index (χ3n) is 2.54. The lowest BCUT2D eigenvalue weighted by Crippen LogP contribution is -2.27. The van der Waals surface area contributed by atoms with Crippen LogP contribution < -0.4 is 5.73 Å². The number of esters is 1. The van der Waals surface area contributed by atoms with Crippen LogP contribution in [0.5, 0.6) is 0 Å². The molecule has 0 radical (unpaired) electrons. The van der Waals surface area contributed by atoms with Gasteiger partial charge in [-0.15, -0.1) is 0 Å². The first-order valence-corrected chi connectivity index (χ1v) is 5.89. The fraction of sp³-hybridized carbons (Fsp3) is 0.500. The lowest BCUT2D eigenvalue weighted by atomic mass is 10.2. The van der Waals surface area contributed by atoms with Gasteiger partial charge in [-0.2, -0.15) is 0 Å². The zero-order valence-corrected chi connectivity index (χ0v) is 10.5. The van der Waals surface area contributed by atoms with Crippen LogP contribution >= 0.6 is 0 Å². The van der Waals surface area contributed by atoms with E-state index in [9.17, 15) is 9.59 Å². The SMILES string of the molecule is CCCC(OC(=O)c1cc(N)cn1CC)C(=O)O. The van der Waals surface area contributed by atoms with Gasteiger partial charge in [-0.05, 0) is 19.4 Å². The fourth-order valence-electron chi connectivity index (χ4n) is 1.65. The standard InChI is InChI=1S/C12H18N2O4/c1-3-5-10(11(15)16)18-12(17)9-6-8(13)7-14(9)4-2/h6-7,10H,3-5,13H2,1-2H3,(H,15,16). The van der Waals surface area contributed by atoms with Crippen LogP contribution in [-0.2, 0) is 16.1 Å². The molecule has 6 heteroatoms. The number of nitrogens with two attached hydrogens (primary N) is 1.